The summed E-state index contributed by atoms with van der Waals surface area (Å²) in [6.45, 7) is 5.56. The molecule has 0 aliphatic heterocycles. The van der Waals surface area contributed by atoms with E-state index >= 15 is 0 Å². The standard InChI is InChI=1S/C18H25N3O2S/c1-5-23-16-7-6-15(10-17(16)22-4)21-18(19-3)20-11-13(2)14-8-9-24-12-14/h6-10,12-13H,5,11H2,1-4H3,(H2,19,20,21). The number of hydrogen-bond donors (Lipinski definition) is 2. The van der Waals surface area contributed by atoms with Crippen LogP contribution >= 0.6 is 11.3 Å². The zero-order chi connectivity index (χ0) is 17.4. The zero-order valence-electron chi connectivity index (χ0n) is 14.6. The molecule has 0 aliphatic carbocycles. The van der Waals surface area contributed by atoms with E-state index in [2.05, 4.69) is 39.4 Å². The third kappa shape index (κ3) is 4.89. The molecule has 0 amide bonds. The lowest BCUT2D eigenvalue weighted by molar-refractivity contribution is 0.311. The molecule has 1 aromatic carbocycles. The third-order valence-corrected chi connectivity index (χ3v) is 4.34. The molecule has 0 radical (unpaired) electrons. The summed E-state index contributed by atoms with van der Waals surface area (Å²) in [7, 11) is 3.40. The van der Waals surface area contributed by atoms with Crippen molar-refractivity contribution in [3.05, 3.63) is 40.6 Å². The van der Waals surface area contributed by atoms with E-state index < -0.39 is 0 Å². The molecule has 1 heterocycles. The predicted molar refractivity (Wildman–Crippen MR) is 102 cm³/mol. The van der Waals surface area contributed by atoms with Crippen LogP contribution in [0.3, 0.4) is 0 Å². The van der Waals surface area contributed by atoms with E-state index in [1.165, 1.54) is 5.56 Å². The maximum atomic E-state index is 5.54. The first kappa shape index (κ1) is 18.1. The van der Waals surface area contributed by atoms with Crippen LogP contribution in [0.5, 0.6) is 11.5 Å². The van der Waals surface area contributed by atoms with Crippen LogP contribution in [0.4, 0.5) is 5.69 Å². The van der Waals surface area contributed by atoms with Crippen molar-refractivity contribution in [2.24, 2.45) is 4.99 Å². The summed E-state index contributed by atoms with van der Waals surface area (Å²) >= 11 is 1.72. The molecule has 6 heteroatoms. The second-order valence-corrected chi connectivity index (χ2v) is 6.11. The Balaban J connectivity index is 1.97. The molecular formula is C18H25N3O2S. The van der Waals surface area contributed by atoms with Crippen molar-refractivity contribution in [1.82, 2.24) is 5.32 Å². The molecule has 1 atom stereocenters. The quantitative estimate of drug-likeness (QED) is 0.588. The highest BCUT2D eigenvalue weighted by Crippen LogP contribution is 2.30. The van der Waals surface area contributed by atoms with Gasteiger partial charge >= 0.3 is 0 Å². The molecule has 0 fully saturated rings. The van der Waals surface area contributed by atoms with Gasteiger partial charge in [0, 0.05) is 25.3 Å². The number of ether oxygens (including phenoxy) is 2. The Morgan fingerprint density at radius 1 is 1.29 bits per heavy atom. The summed E-state index contributed by atoms with van der Waals surface area (Å²) in [5.41, 5.74) is 2.23. The first-order valence-corrected chi connectivity index (χ1v) is 8.92. The van der Waals surface area contributed by atoms with Crippen molar-refractivity contribution in [2.75, 3.05) is 32.6 Å². The summed E-state index contributed by atoms with van der Waals surface area (Å²) in [5.74, 6) is 2.58. The van der Waals surface area contributed by atoms with Gasteiger partial charge in [-0.15, -0.1) is 0 Å². The topological polar surface area (TPSA) is 54.9 Å². The number of anilines is 1. The molecule has 0 saturated heterocycles. The molecule has 2 N–H and O–H groups in total. The molecule has 0 saturated carbocycles. The van der Waals surface area contributed by atoms with Gasteiger partial charge in [0.15, 0.2) is 17.5 Å². The molecule has 5 nitrogen and oxygen atoms in total. The maximum absolute atomic E-state index is 5.54. The van der Waals surface area contributed by atoms with Gasteiger partial charge in [-0.25, -0.2) is 0 Å². The lowest BCUT2D eigenvalue weighted by Crippen LogP contribution is -2.33. The lowest BCUT2D eigenvalue weighted by atomic mass is 10.1. The largest absolute Gasteiger partial charge is 0.493 e. The van der Waals surface area contributed by atoms with Gasteiger partial charge in [0.2, 0.25) is 0 Å². The normalized spacial score (nSPS) is 12.6. The molecule has 2 aromatic rings. The van der Waals surface area contributed by atoms with Gasteiger partial charge in [-0.2, -0.15) is 11.3 Å². The fourth-order valence-electron chi connectivity index (χ4n) is 2.26. The Bertz CT molecular complexity index is 656. The van der Waals surface area contributed by atoms with Gasteiger partial charge in [0.1, 0.15) is 0 Å². The number of rotatable bonds is 7. The van der Waals surface area contributed by atoms with E-state index in [-0.39, 0.29) is 0 Å². The van der Waals surface area contributed by atoms with Crippen LogP contribution in [0, 0.1) is 0 Å². The SMILES string of the molecule is CCOc1ccc(NC(=NC)NCC(C)c2ccsc2)cc1OC. The van der Waals surface area contributed by atoms with E-state index in [4.69, 9.17) is 9.47 Å². The molecule has 1 unspecified atom stereocenters. The highest BCUT2D eigenvalue weighted by molar-refractivity contribution is 7.07. The van der Waals surface area contributed by atoms with Gasteiger partial charge in [0.05, 0.1) is 13.7 Å². The van der Waals surface area contributed by atoms with Crippen molar-refractivity contribution >= 4 is 23.0 Å². The van der Waals surface area contributed by atoms with Crippen LogP contribution in [0.15, 0.2) is 40.0 Å². The lowest BCUT2D eigenvalue weighted by Gasteiger charge is -2.16. The first-order valence-electron chi connectivity index (χ1n) is 7.98. The molecular weight excluding hydrogens is 322 g/mol. The van der Waals surface area contributed by atoms with Gasteiger partial charge in [-0.1, -0.05) is 6.92 Å². The third-order valence-electron chi connectivity index (χ3n) is 3.64. The Labute approximate surface area is 147 Å². The molecule has 130 valence electrons. The number of aliphatic imine (C=N–C) groups is 1. The number of nitrogens with one attached hydrogen (secondary N) is 2. The van der Waals surface area contributed by atoms with Crippen LogP contribution in [-0.4, -0.2) is 33.3 Å². The minimum Gasteiger partial charge on any atom is -0.493 e. The summed E-state index contributed by atoms with van der Waals surface area (Å²) in [4.78, 5) is 4.28. The van der Waals surface area contributed by atoms with E-state index in [9.17, 15) is 0 Å². The molecule has 0 aliphatic rings. The Hall–Kier alpha value is -2.21. The average Bonchev–Trinajstić information content (AvgIpc) is 3.14. The van der Waals surface area contributed by atoms with Crippen molar-refractivity contribution in [1.29, 1.82) is 0 Å². The monoisotopic (exact) mass is 347 g/mol. The number of guanidine groups is 1. The number of benzene rings is 1. The summed E-state index contributed by atoms with van der Waals surface area (Å²) in [5, 5.41) is 10.9. The predicted octanol–water partition coefficient (Wildman–Crippen LogP) is 3.95. The van der Waals surface area contributed by atoms with E-state index in [0.29, 0.717) is 18.3 Å². The maximum Gasteiger partial charge on any atom is 0.195 e. The molecule has 24 heavy (non-hydrogen) atoms. The number of nitrogens with zero attached hydrogens (tertiary/aromatic N) is 1. The van der Waals surface area contributed by atoms with Crippen LogP contribution in [-0.2, 0) is 0 Å². The fraction of sp³-hybridized carbons (Fsp3) is 0.389. The van der Waals surface area contributed by atoms with Gasteiger partial charge in [-0.3, -0.25) is 4.99 Å². The smallest absolute Gasteiger partial charge is 0.195 e. The number of methoxy groups -OCH3 is 1. The first-order chi connectivity index (χ1) is 11.7. The van der Waals surface area contributed by atoms with Crippen molar-refractivity contribution < 1.29 is 9.47 Å². The highest BCUT2D eigenvalue weighted by Gasteiger charge is 2.09. The van der Waals surface area contributed by atoms with E-state index in [1.54, 1.807) is 25.5 Å². The van der Waals surface area contributed by atoms with Crippen molar-refractivity contribution in [3.8, 4) is 11.5 Å². The Morgan fingerprint density at radius 3 is 2.75 bits per heavy atom. The number of hydrogen-bond acceptors (Lipinski definition) is 4. The van der Waals surface area contributed by atoms with Gasteiger partial charge in [-0.05, 0) is 47.4 Å². The second kappa shape index (κ2) is 9.17. The van der Waals surface area contributed by atoms with Crippen LogP contribution < -0.4 is 20.1 Å². The summed E-state index contributed by atoms with van der Waals surface area (Å²) in [6.07, 6.45) is 0. The Kier molecular flexibility index (Phi) is 6.93. The van der Waals surface area contributed by atoms with Crippen LogP contribution in [0.2, 0.25) is 0 Å². The highest BCUT2D eigenvalue weighted by atomic mass is 32.1. The minimum absolute atomic E-state index is 0.421. The molecule has 0 bridgehead atoms. The zero-order valence-corrected chi connectivity index (χ0v) is 15.4. The van der Waals surface area contributed by atoms with E-state index in [1.807, 2.05) is 25.1 Å². The molecule has 1 aromatic heterocycles. The number of thiophene rings is 1. The molecule has 0 spiro atoms. The Morgan fingerprint density at radius 2 is 2.12 bits per heavy atom. The van der Waals surface area contributed by atoms with Gasteiger partial charge < -0.3 is 20.1 Å². The van der Waals surface area contributed by atoms with Gasteiger partial charge in [0.25, 0.3) is 0 Å². The second-order valence-electron chi connectivity index (χ2n) is 5.33. The van der Waals surface area contributed by atoms with Crippen LogP contribution in [0.1, 0.15) is 25.3 Å². The van der Waals surface area contributed by atoms with E-state index in [0.717, 1.165) is 23.9 Å². The summed E-state index contributed by atoms with van der Waals surface area (Å²) in [6, 6.07) is 7.90. The van der Waals surface area contributed by atoms with Crippen molar-refractivity contribution in [2.45, 2.75) is 19.8 Å². The van der Waals surface area contributed by atoms with Crippen LogP contribution in [0.25, 0.3) is 0 Å². The average molecular weight is 347 g/mol. The van der Waals surface area contributed by atoms with Crippen molar-refractivity contribution in [3.63, 3.8) is 0 Å². The molecule has 2 rings (SSSR count). The minimum atomic E-state index is 0.421. The summed E-state index contributed by atoms with van der Waals surface area (Å²) < 4.78 is 10.9. The fourth-order valence-corrected chi connectivity index (χ4v) is 3.04.